The molecule has 1 aromatic carbocycles. The van der Waals surface area contributed by atoms with Gasteiger partial charge >= 0.3 is 0 Å². The number of hydrogen-bond donors (Lipinski definition) is 1. The SMILES string of the molecule is CC1CCCCC1NCCn1c(=O)cnc2ccccc21. The number of nitrogens with one attached hydrogen (secondary N) is 1. The second-order valence-electron chi connectivity index (χ2n) is 6.06. The van der Waals surface area contributed by atoms with Crippen molar-refractivity contribution in [2.75, 3.05) is 6.54 Å². The first-order valence-electron chi connectivity index (χ1n) is 7.93. The van der Waals surface area contributed by atoms with Crippen LogP contribution in [0.25, 0.3) is 11.0 Å². The van der Waals surface area contributed by atoms with Crippen molar-refractivity contribution >= 4 is 11.0 Å². The maximum atomic E-state index is 12.1. The van der Waals surface area contributed by atoms with Gasteiger partial charge in [0.05, 0.1) is 17.2 Å². The number of para-hydroxylation sites is 2. The van der Waals surface area contributed by atoms with Gasteiger partial charge in [-0.25, -0.2) is 4.98 Å². The van der Waals surface area contributed by atoms with Gasteiger partial charge in [0, 0.05) is 19.1 Å². The third kappa shape index (κ3) is 3.16. The molecule has 0 saturated heterocycles. The molecule has 0 spiro atoms. The quantitative estimate of drug-likeness (QED) is 0.939. The fourth-order valence-electron chi connectivity index (χ4n) is 3.33. The molecule has 3 rings (SSSR count). The molecule has 1 N–H and O–H groups in total. The Hall–Kier alpha value is -1.68. The average molecular weight is 285 g/mol. The van der Waals surface area contributed by atoms with E-state index in [0.29, 0.717) is 12.6 Å². The summed E-state index contributed by atoms with van der Waals surface area (Å²) >= 11 is 0. The molecule has 1 aliphatic rings. The molecular formula is C17H23N3O. The van der Waals surface area contributed by atoms with E-state index in [2.05, 4.69) is 17.2 Å². The first-order chi connectivity index (χ1) is 10.3. The van der Waals surface area contributed by atoms with E-state index in [-0.39, 0.29) is 5.56 Å². The van der Waals surface area contributed by atoms with Gasteiger partial charge in [-0.1, -0.05) is 31.9 Å². The summed E-state index contributed by atoms with van der Waals surface area (Å²) in [5.74, 6) is 0.740. The van der Waals surface area contributed by atoms with Gasteiger partial charge in [0.15, 0.2) is 0 Å². The lowest BCUT2D eigenvalue weighted by atomic mass is 9.86. The van der Waals surface area contributed by atoms with Crippen LogP contribution in [-0.2, 0) is 6.54 Å². The second kappa shape index (κ2) is 6.39. The van der Waals surface area contributed by atoms with Crippen LogP contribution in [0.4, 0.5) is 0 Å². The molecule has 1 heterocycles. The highest BCUT2D eigenvalue weighted by Gasteiger charge is 2.20. The highest BCUT2D eigenvalue weighted by Crippen LogP contribution is 2.23. The Labute approximate surface area is 125 Å². The molecule has 2 atom stereocenters. The summed E-state index contributed by atoms with van der Waals surface area (Å²) in [7, 11) is 0. The van der Waals surface area contributed by atoms with Crippen LogP contribution in [-0.4, -0.2) is 22.1 Å². The van der Waals surface area contributed by atoms with Crippen molar-refractivity contribution in [1.29, 1.82) is 0 Å². The normalized spacial score (nSPS) is 22.5. The molecule has 112 valence electrons. The first kappa shape index (κ1) is 14.3. The molecule has 0 aliphatic heterocycles. The van der Waals surface area contributed by atoms with E-state index in [9.17, 15) is 4.79 Å². The topological polar surface area (TPSA) is 46.9 Å². The Morgan fingerprint density at radius 2 is 2.10 bits per heavy atom. The van der Waals surface area contributed by atoms with Gasteiger partial charge in [-0.05, 0) is 30.9 Å². The minimum Gasteiger partial charge on any atom is -0.312 e. The van der Waals surface area contributed by atoms with E-state index in [1.165, 1.54) is 31.9 Å². The van der Waals surface area contributed by atoms with Gasteiger partial charge in [0.2, 0.25) is 0 Å². The molecule has 4 heteroatoms. The highest BCUT2D eigenvalue weighted by atomic mass is 16.1. The van der Waals surface area contributed by atoms with Crippen molar-refractivity contribution in [1.82, 2.24) is 14.9 Å². The van der Waals surface area contributed by atoms with Crippen LogP contribution in [0.5, 0.6) is 0 Å². The van der Waals surface area contributed by atoms with Crippen LogP contribution in [0.15, 0.2) is 35.3 Å². The van der Waals surface area contributed by atoms with Gasteiger partial charge in [-0.15, -0.1) is 0 Å². The molecule has 1 saturated carbocycles. The Balaban J connectivity index is 1.70. The number of aromatic nitrogens is 2. The van der Waals surface area contributed by atoms with Crippen molar-refractivity contribution in [3.05, 3.63) is 40.8 Å². The molecule has 0 radical (unpaired) electrons. The lowest BCUT2D eigenvalue weighted by Gasteiger charge is -2.29. The van der Waals surface area contributed by atoms with E-state index < -0.39 is 0 Å². The lowest BCUT2D eigenvalue weighted by molar-refractivity contribution is 0.278. The van der Waals surface area contributed by atoms with Crippen LogP contribution in [0, 0.1) is 5.92 Å². The van der Waals surface area contributed by atoms with Crippen molar-refractivity contribution in [3.63, 3.8) is 0 Å². The number of hydrogen-bond acceptors (Lipinski definition) is 3. The predicted octanol–water partition coefficient (Wildman–Crippen LogP) is 2.56. The maximum absolute atomic E-state index is 12.1. The van der Waals surface area contributed by atoms with Crippen molar-refractivity contribution in [2.45, 2.75) is 45.2 Å². The van der Waals surface area contributed by atoms with Crippen molar-refractivity contribution < 1.29 is 0 Å². The third-order valence-electron chi connectivity index (χ3n) is 4.61. The van der Waals surface area contributed by atoms with Crippen LogP contribution in [0.3, 0.4) is 0 Å². The van der Waals surface area contributed by atoms with Crippen molar-refractivity contribution in [3.8, 4) is 0 Å². The molecule has 1 aliphatic carbocycles. The molecule has 0 bridgehead atoms. The average Bonchev–Trinajstić information content (AvgIpc) is 2.51. The predicted molar refractivity (Wildman–Crippen MR) is 85.4 cm³/mol. The zero-order valence-electron chi connectivity index (χ0n) is 12.6. The number of nitrogens with zero attached hydrogens (tertiary/aromatic N) is 2. The largest absolute Gasteiger partial charge is 0.312 e. The molecule has 2 aromatic rings. The van der Waals surface area contributed by atoms with Crippen LogP contribution >= 0.6 is 0 Å². The van der Waals surface area contributed by atoms with Crippen LogP contribution < -0.4 is 10.9 Å². The summed E-state index contributed by atoms with van der Waals surface area (Å²) in [5, 5.41) is 3.63. The standard InChI is InChI=1S/C17H23N3O/c1-13-6-2-3-7-14(13)18-10-11-20-16-9-5-4-8-15(16)19-12-17(20)21/h4-5,8-9,12-14,18H,2-3,6-7,10-11H2,1H3. The highest BCUT2D eigenvalue weighted by molar-refractivity contribution is 5.74. The maximum Gasteiger partial charge on any atom is 0.269 e. The van der Waals surface area contributed by atoms with Crippen LogP contribution in [0.2, 0.25) is 0 Å². The second-order valence-corrected chi connectivity index (χ2v) is 6.06. The summed E-state index contributed by atoms with van der Waals surface area (Å²) in [6.07, 6.45) is 6.67. The molecule has 2 unspecified atom stereocenters. The summed E-state index contributed by atoms with van der Waals surface area (Å²) in [5.41, 5.74) is 1.78. The Bertz CT molecular complexity index is 664. The van der Waals surface area contributed by atoms with E-state index in [1.54, 1.807) is 0 Å². The van der Waals surface area contributed by atoms with Gasteiger partial charge < -0.3 is 9.88 Å². The molecule has 21 heavy (non-hydrogen) atoms. The van der Waals surface area contributed by atoms with E-state index in [1.807, 2.05) is 28.8 Å². The number of benzene rings is 1. The zero-order valence-corrected chi connectivity index (χ0v) is 12.6. The van der Waals surface area contributed by atoms with Gasteiger partial charge in [0.1, 0.15) is 0 Å². The Morgan fingerprint density at radius 1 is 1.29 bits per heavy atom. The van der Waals surface area contributed by atoms with E-state index in [0.717, 1.165) is 23.5 Å². The number of rotatable bonds is 4. The molecular weight excluding hydrogens is 262 g/mol. The summed E-state index contributed by atoms with van der Waals surface area (Å²) in [6, 6.07) is 8.42. The minimum absolute atomic E-state index is 0.0211. The van der Waals surface area contributed by atoms with Gasteiger partial charge in [0.25, 0.3) is 5.56 Å². The van der Waals surface area contributed by atoms with E-state index in [4.69, 9.17) is 0 Å². The van der Waals surface area contributed by atoms with Gasteiger partial charge in [-0.3, -0.25) is 4.79 Å². The first-order valence-corrected chi connectivity index (χ1v) is 7.93. The van der Waals surface area contributed by atoms with Gasteiger partial charge in [-0.2, -0.15) is 0 Å². The fraction of sp³-hybridized carbons (Fsp3) is 0.529. The lowest BCUT2D eigenvalue weighted by Crippen LogP contribution is -2.39. The minimum atomic E-state index is -0.0211. The third-order valence-corrected chi connectivity index (χ3v) is 4.61. The van der Waals surface area contributed by atoms with Crippen LogP contribution in [0.1, 0.15) is 32.6 Å². The Kier molecular flexibility index (Phi) is 4.34. The monoisotopic (exact) mass is 285 g/mol. The van der Waals surface area contributed by atoms with Crippen molar-refractivity contribution in [2.24, 2.45) is 5.92 Å². The molecule has 1 fully saturated rings. The molecule has 4 nitrogen and oxygen atoms in total. The summed E-state index contributed by atoms with van der Waals surface area (Å²) < 4.78 is 1.82. The smallest absolute Gasteiger partial charge is 0.269 e. The summed E-state index contributed by atoms with van der Waals surface area (Å²) in [6.45, 7) is 3.86. The molecule has 1 aromatic heterocycles. The summed E-state index contributed by atoms with van der Waals surface area (Å²) in [4.78, 5) is 16.2. The zero-order chi connectivity index (χ0) is 14.7. The fourth-order valence-corrected chi connectivity index (χ4v) is 3.33. The molecule has 0 amide bonds. The number of fused-ring (bicyclic) bond motifs is 1. The Morgan fingerprint density at radius 3 is 2.95 bits per heavy atom. The van der Waals surface area contributed by atoms with E-state index >= 15 is 0 Å².